The quantitative estimate of drug-likeness (QED) is 0.904. The number of nitrogen functional groups attached to an aromatic ring is 1. The summed E-state index contributed by atoms with van der Waals surface area (Å²) < 4.78 is 7.06. The van der Waals surface area contributed by atoms with Gasteiger partial charge in [-0.1, -0.05) is 6.42 Å². The fourth-order valence-corrected chi connectivity index (χ4v) is 2.21. The molecule has 6 nitrogen and oxygen atoms in total. The molecule has 0 bridgehead atoms. The summed E-state index contributed by atoms with van der Waals surface area (Å²) >= 11 is 0. The molecule has 2 aromatic rings. The van der Waals surface area contributed by atoms with Gasteiger partial charge in [-0.2, -0.15) is 5.10 Å². The molecule has 0 saturated heterocycles. The van der Waals surface area contributed by atoms with Gasteiger partial charge in [0.15, 0.2) is 5.82 Å². The van der Waals surface area contributed by atoms with Crippen molar-refractivity contribution in [2.75, 3.05) is 12.8 Å². The van der Waals surface area contributed by atoms with Gasteiger partial charge < -0.3 is 10.5 Å². The Morgan fingerprint density at radius 1 is 1.42 bits per heavy atom. The number of anilines is 1. The zero-order valence-electron chi connectivity index (χ0n) is 10.9. The highest BCUT2D eigenvalue weighted by molar-refractivity contribution is 5.58. The number of hydrogen-bond donors (Lipinski definition) is 1. The van der Waals surface area contributed by atoms with Crippen molar-refractivity contribution < 1.29 is 4.74 Å². The van der Waals surface area contributed by atoms with Crippen LogP contribution in [-0.2, 0) is 6.54 Å². The van der Waals surface area contributed by atoms with Gasteiger partial charge in [0.2, 0.25) is 0 Å². The van der Waals surface area contributed by atoms with Crippen LogP contribution in [0.1, 0.15) is 19.3 Å². The summed E-state index contributed by atoms with van der Waals surface area (Å²) in [5.41, 5.74) is 7.32. The summed E-state index contributed by atoms with van der Waals surface area (Å²) in [5.74, 6) is 1.43. The summed E-state index contributed by atoms with van der Waals surface area (Å²) in [6.45, 7) is 0.986. The zero-order chi connectivity index (χ0) is 13.2. The van der Waals surface area contributed by atoms with Crippen molar-refractivity contribution in [1.82, 2.24) is 19.7 Å². The van der Waals surface area contributed by atoms with Crippen molar-refractivity contribution in [3.63, 3.8) is 0 Å². The van der Waals surface area contributed by atoms with Gasteiger partial charge in [-0.25, -0.2) is 9.97 Å². The number of methoxy groups -OCH3 is 1. The molecule has 0 aliphatic heterocycles. The molecule has 1 aliphatic carbocycles. The minimum absolute atomic E-state index is 0.299. The zero-order valence-corrected chi connectivity index (χ0v) is 10.9. The number of nitrogens with two attached hydrogens (primary N) is 1. The van der Waals surface area contributed by atoms with Gasteiger partial charge in [-0.15, -0.1) is 0 Å². The van der Waals surface area contributed by atoms with Gasteiger partial charge in [0, 0.05) is 18.3 Å². The van der Waals surface area contributed by atoms with E-state index in [9.17, 15) is 0 Å². The lowest BCUT2D eigenvalue weighted by atomic mass is 9.85. The Morgan fingerprint density at radius 2 is 2.26 bits per heavy atom. The van der Waals surface area contributed by atoms with Gasteiger partial charge in [-0.05, 0) is 18.8 Å². The molecular formula is C13H17N5O. The third kappa shape index (κ3) is 2.38. The first-order valence-corrected chi connectivity index (χ1v) is 6.45. The van der Waals surface area contributed by atoms with Crippen molar-refractivity contribution >= 4 is 5.82 Å². The molecule has 2 aromatic heterocycles. The molecule has 2 N–H and O–H groups in total. The molecule has 100 valence electrons. The number of nitrogens with zero attached hydrogens (tertiary/aromatic N) is 4. The molecule has 3 rings (SSSR count). The highest BCUT2D eigenvalue weighted by Crippen LogP contribution is 2.28. The maximum atomic E-state index is 5.66. The van der Waals surface area contributed by atoms with E-state index >= 15 is 0 Å². The summed E-state index contributed by atoms with van der Waals surface area (Å²) in [6.07, 6.45) is 9.41. The van der Waals surface area contributed by atoms with E-state index in [0.717, 1.165) is 23.7 Å². The molecule has 19 heavy (non-hydrogen) atoms. The minimum Gasteiger partial charge on any atom is -0.478 e. The first kappa shape index (κ1) is 12.0. The average Bonchev–Trinajstić information content (AvgIpc) is 2.83. The molecule has 0 radical (unpaired) electrons. The molecule has 6 heteroatoms. The Hall–Kier alpha value is -2.11. The highest BCUT2D eigenvalue weighted by Gasteiger charge is 2.18. The van der Waals surface area contributed by atoms with Crippen LogP contribution in [0.5, 0.6) is 5.88 Å². The Labute approximate surface area is 111 Å². The minimum atomic E-state index is 0.299. The summed E-state index contributed by atoms with van der Waals surface area (Å²) in [4.78, 5) is 8.40. The summed E-state index contributed by atoms with van der Waals surface area (Å²) in [6, 6.07) is 0. The first-order chi connectivity index (χ1) is 9.26. The number of hydrogen-bond acceptors (Lipinski definition) is 5. The van der Waals surface area contributed by atoms with Gasteiger partial charge >= 0.3 is 0 Å². The summed E-state index contributed by atoms with van der Waals surface area (Å²) in [7, 11) is 1.53. The lowest BCUT2D eigenvalue weighted by Gasteiger charge is -2.24. The standard InChI is InChI=1S/C13H17N5O/c1-19-13-12(14)15-6-11(17-13)10-5-16-18(8-10)7-9-3-2-4-9/h5-6,8-9H,2-4,7H2,1H3,(H2,14,15). The van der Waals surface area contributed by atoms with Crippen LogP contribution in [0.3, 0.4) is 0 Å². The Morgan fingerprint density at radius 3 is 2.95 bits per heavy atom. The second-order valence-corrected chi connectivity index (χ2v) is 4.90. The van der Waals surface area contributed by atoms with Gasteiger partial charge in [0.25, 0.3) is 5.88 Å². The Kier molecular flexibility index (Phi) is 3.06. The van der Waals surface area contributed by atoms with Crippen molar-refractivity contribution in [2.45, 2.75) is 25.8 Å². The van der Waals surface area contributed by atoms with Crippen LogP contribution >= 0.6 is 0 Å². The molecule has 0 aromatic carbocycles. The highest BCUT2D eigenvalue weighted by atomic mass is 16.5. The maximum absolute atomic E-state index is 5.66. The third-order valence-corrected chi connectivity index (χ3v) is 3.56. The molecule has 0 atom stereocenters. The van der Waals surface area contributed by atoms with Crippen molar-refractivity contribution in [3.05, 3.63) is 18.6 Å². The monoisotopic (exact) mass is 259 g/mol. The smallest absolute Gasteiger partial charge is 0.257 e. The van der Waals surface area contributed by atoms with Crippen LogP contribution in [0.2, 0.25) is 0 Å². The van der Waals surface area contributed by atoms with Gasteiger partial charge in [-0.3, -0.25) is 4.68 Å². The van der Waals surface area contributed by atoms with Crippen molar-refractivity contribution in [1.29, 1.82) is 0 Å². The lowest BCUT2D eigenvalue weighted by Crippen LogP contribution is -2.18. The van der Waals surface area contributed by atoms with Crippen LogP contribution in [-0.4, -0.2) is 26.9 Å². The van der Waals surface area contributed by atoms with E-state index in [4.69, 9.17) is 10.5 Å². The fraction of sp³-hybridized carbons (Fsp3) is 0.462. The number of rotatable bonds is 4. The van der Waals surface area contributed by atoms with E-state index in [-0.39, 0.29) is 0 Å². The lowest BCUT2D eigenvalue weighted by molar-refractivity contribution is 0.266. The predicted octanol–water partition coefficient (Wildman–Crippen LogP) is 1.73. The number of ether oxygens (including phenoxy) is 1. The SMILES string of the molecule is COc1nc(-c2cnn(CC3CCC3)c2)cnc1N. The first-order valence-electron chi connectivity index (χ1n) is 6.45. The van der Waals surface area contributed by atoms with Crippen LogP contribution in [0.15, 0.2) is 18.6 Å². The Balaban J connectivity index is 1.81. The Bertz CT molecular complexity index is 576. The molecule has 1 saturated carbocycles. The van der Waals surface area contributed by atoms with Gasteiger partial charge in [0.05, 0.1) is 25.2 Å². The van der Waals surface area contributed by atoms with Crippen molar-refractivity contribution in [2.24, 2.45) is 5.92 Å². The van der Waals surface area contributed by atoms with Crippen LogP contribution in [0, 0.1) is 5.92 Å². The summed E-state index contributed by atoms with van der Waals surface area (Å²) in [5, 5.41) is 4.37. The number of aromatic nitrogens is 4. The fourth-order valence-electron chi connectivity index (χ4n) is 2.21. The molecule has 0 amide bonds. The van der Waals surface area contributed by atoms with E-state index in [0.29, 0.717) is 11.7 Å². The van der Waals surface area contributed by atoms with Crippen LogP contribution in [0.4, 0.5) is 5.82 Å². The van der Waals surface area contributed by atoms with E-state index in [2.05, 4.69) is 15.1 Å². The predicted molar refractivity (Wildman–Crippen MR) is 71.6 cm³/mol. The van der Waals surface area contributed by atoms with E-state index < -0.39 is 0 Å². The van der Waals surface area contributed by atoms with Crippen LogP contribution in [0.25, 0.3) is 11.3 Å². The molecule has 1 aliphatic rings. The van der Waals surface area contributed by atoms with Crippen LogP contribution < -0.4 is 10.5 Å². The molecule has 0 unspecified atom stereocenters. The normalized spacial score (nSPS) is 15.2. The van der Waals surface area contributed by atoms with E-state index in [1.165, 1.54) is 26.4 Å². The van der Waals surface area contributed by atoms with Gasteiger partial charge in [0.1, 0.15) is 0 Å². The molecule has 1 fully saturated rings. The molecule has 2 heterocycles. The maximum Gasteiger partial charge on any atom is 0.257 e. The topological polar surface area (TPSA) is 78.9 Å². The average molecular weight is 259 g/mol. The second kappa shape index (κ2) is 4.87. The second-order valence-electron chi connectivity index (χ2n) is 4.90. The largest absolute Gasteiger partial charge is 0.478 e. The third-order valence-electron chi connectivity index (χ3n) is 3.56. The molecular weight excluding hydrogens is 242 g/mol. The molecule has 0 spiro atoms. The van der Waals surface area contributed by atoms with Crippen molar-refractivity contribution in [3.8, 4) is 17.1 Å². The van der Waals surface area contributed by atoms with E-state index in [1.54, 1.807) is 12.4 Å². The van der Waals surface area contributed by atoms with E-state index in [1.807, 2.05) is 10.9 Å².